The van der Waals surface area contributed by atoms with E-state index in [1.54, 1.807) is 12.1 Å². The van der Waals surface area contributed by atoms with Crippen LogP contribution in [0, 0.1) is 0 Å². The van der Waals surface area contributed by atoms with Crippen LogP contribution in [0.4, 0.5) is 0 Å². The molecule has 426 valence electrons. The zero-order valence-electron chi connectivity index (χ0n) is 42.8. The number of carbonyl (C=O) groups is 4. The molecule has 20 atom stereocenters. The van der Waals surface area contributed by atoms with Gasteiger partial charge >= 0.3 is 0 Å². The van der Waals surface area contributed by atoms with Gasteiger partial charge in [-0.1, -0.05) is 44.4 Å². The quantitative estimate of drug-likeness (QED) is 0.0316. The molecule has 0 spiro atoms. The molecule has 5 rings (SSSR count). The van der Waals surface area contributed by atoms with Gasteiger partial charge in [-0.3, -0.25) is 19.2 Å². The van der Waals surface area contributed by atoms with E-state index >= 15 is 0 Å². The number of benzene rings is 1. The van der Waals surface area contributed by atoms with Gasteiger partial charge in [0.25, 0.3) is 5.91 Å². The molecule has 4 aliphatic heterocycles. The highest BCUT2D eigenvalue weighted by Crippen LogP contribution is 2.35. The van der Waals surface area contributed by atoms with Crippen LogP contribution in [0.15, 0.2) is 36.4 Å². The van der Waals surface area contributed by atoms with E-state index in [2.05, 4.69) is 40.3 Å². The molecule has 13 N–H and O–H groups in total. The van der Waals surface area contributed by atoms with Gasteiger partial charge in [0.2, 0.25) is 17.7 Å². The lowest BCUT2D eigenvalue weighted by Gasteiger charge is -2.51. The molecular weight excluding hydrogens is 997 g/mol. The van der Waals surface area contributed by atoms with Crippen molar-refractivity contribution < 1.29 is 108 Å². The van der Waals surface area contributed by atoms with Gasteiger partial charge in [-0.15, -0.1) is 0 Å². The minimum absolute atomic E-state index is 0.0867. The summed E-state index contributed by atoms with van der Waals surface area (Å²) in [5.74, 6) is -2.45. The predicted octanol–water partition coefficient (Wildman–Crippen LogP) is -3.54. The number of hydrogen-bond acceptors (Lipinski definition) is 22. The Balaban J connectivity index is 1.33. The fourth-order valence-electron chi connectivity index (χ4n) is 9.40. The van der Waals surface area contributed by atoms with Crippen molar-refractivity contribution in [1.29, 1.82) is 0 Å². The number of carbonyl (C=O) groups excluding carboxylic acids is 4. The number of aliphatic hydroxyl groups excluding tert-OH is 9. The van der Waals surface area contributed by atoms with Crippen molar-refractivity contribution in [2.75, 3.05) is 40.1 Å². The van der Waals surface area contributed by atoms with Gasteiger partial charge < -0.3 is 110 Å². The normalized spacial score (nSPS) is 36.1. The molecule has 1 aromatic carbocycles. The average molecular weight is 1080 g/mol. The first-order valence-electron chi connectivity index (χ1n) is 25.4. The second kappa shape index (κ2) is 30.2. The fourth-order valence-corrected chi connectivity index (χ4v) is 9.40. The molecular formula is C49H78N4O22. The number of allylic oxidation sites excluding steroid dienone is 2. The standard InChI is InChI=1S/C49H78N4O22/c1-6-7-8-9-10-11-12-13-14-18-68-28-17-15-16-27(19-28)45(66)53-33-38(62)37(61)29(20-54)69-47(33)73-43-31(22-56)71-49(35(40(43)64)51-25(3)59)75-44-32(23-57)72-48(36(41(44)65)52-26(4)60)74-42-30(21-55)70-46(67-5)34(39(42)63)50-24(2)58/h11-12,15-17,19,29-44,46-49,54-57,61-65H,6-10,13-14,18,20-23H2,1-5H3,(H,50,58)(H,51,59)(H,52,60)(H,53,66)/b12-11-. The van der Waals surface area contributed by atoms with Gasteiger partial charge in [-0.25, -0.2) is 0 Å². The SMILES string of the molecule is CCCCCC/C=C\CCCOc1cccc(C(=O)NC2C(OC3C(CO)OC(OC4C(CO)OC(OC5C(CO)OC(OC)C(NC(C)=O)C5O)C(NC(C)=O)C4O)C(NC(C)=O)C3O)OC(CO)C(O)C2O)c1. The van der Waals surface area contributed by atoms with Crippen molar-refractivity contribution in [2.45, 2.75) is 195 Å². The highest BCUT2D eigenvalue weighted by molar-refractivity contribution is 5.94. The Morgan fingerprint density at radius 3 is 1.41 bits per heavy atom. The highest BCUT2D eigenvalue weighted by atomic mass is 16.8. The van der Waals surface area contributed by atoms with Gasteiger partial charge in [0.05, 0.1) is 33.0 Å². The topological polar surface area (TPSA) is 382 Å². The molecule has 0 bridgehead atoms. The van der Waals surface area contributed by atoms with Crippen molar-refractivity contribution >= 4 is 23.6 Å². The lowest BCUT2D eigenvalue weighted by Crippen LogP contribution is -2.71. The zero-order valence-corrected chi connectivity index (χ0v) is 42.8. The number of rotatable bonds is 26. The Morgan fingerprint density at radius 1 is 0.547 bits per heavy atom. The highest BCUT2D eigenvalue weighted by Gasteiger charge is 2.56. The third-order valence-corrected chi connectivity index (χ3v) is 13.2. The molecule has 26 heteroatoms. The lowest BCUT2D eigenvalue weighted by molar-refractivity contribution is -0.362. The predicted molar refractivity (Wildman–Crippen MR) is 258 cm³/mol. The largest absolute Gasteiger partial charge is 0.494 e. The maximum Gasteiger partial charge on any atom is 0.251 e. The minimum atomic E-state index is -1.93. The van der Waals surface area contributed by atoms with E-state index in [4.69, 9.17) is 42.6 Å². The van der Waals surface area contributed by atoms with Crippen LogP contribution in [0.5, 0.6) is 5.75 Å². The Hall–Kier alpha value is -4.04. The number of nitrogens with one attached hydrogen (secondary N) is 4. The summed E-state index contributed by atoms with van der Waals surface area (Å²) in [5.41, 5.74) is 0.0867. The van der Waals surface area contributed by atoms with Crippen LogP contribution in [0.25, 0.3) is 0 Å². The lowest BCUT2D eigenvalue weighted by atomic mass is 9.93. The Bertz CT molecular complexity index is 1970. The van der Waals surface area contributed by atoms with Crippen LogP contribution in [0.3, 0.4) is 0 Å². The maximum absolute atomic E-state index is 13.8. The van der Waals surface area contributed by atoms with E-state index in [1.807, 2.05) is 0 Å². The number of methoxy groups -OCH3 is 1. The number of aliphatic hydroxyl groups is 9. The van der Waals surface area contributed by atoms with Crippen LogP contribution in [0.2, 0.25) is 0 Å². The maximum atomic E-state index is 13.8. The summed E-state index contributed by atoms with van der Waals surface area (Å²) in [7, 11) is 1.24. The average Bonchev–Trinajstić information content (AvgIpc) is 3.38. The number of unbranched alkanes of at least 4 members (excludes halogenated alkanes) is 5. The van der Waals surface area contributed by atoms with Gasteiger partial charge in [-0.05, 0) is 43.9 Å². The zero-order chi connectivity index (χ0) is 54.9. The number of amides is 4. The summed E-state index contributed by atoms with van der Waals surface area (Å²) in [6.45, 7) is 2.46. The summed E-state index contributed by atoms with van der Waals surface area (Å²) < 4.78 is 53.3. The third-order valence-electron chi connectivity index (χ3n) is 13.2. The van der Waals surface area contributed by atoms with E-state index in [1.165, 1.54) is 45.4 Å². The van der Waals surface area contributed by atoms with Crippen molar-refractivity contribution in [3.63, 3.8) is 0 Å². The Kier molecular flexibility index (Phi) is 24.9. The Morgan fingerprint density at radius 2 is 0.973 bits per heavy atom. The molecule has 26 nitrogen and oxygen atoms in total. The second-order valence-corrected chi connectivity index (χ2v) is 18.9. The van der Waals surface area contributed by atoms with E-state index < -0.39 is 173 Å². The fraction of sp³-hybridized carbons (Fsp3) is 0.755. The van der Waals surface area contributed by atoms with Gasteiger partial charge in [0, 0.05) is 33.4 Å². The summed E-state index contributed by atoms with van der Waals surface area (Å²) in [6, 6.07) is 0.112. The number of hydrogen-bond donors (Lipinski definition) is 13. The summed E-state index contributed by atoms with van der Waals surface area (Å²) in [6.07, 6.45) is -15.0. The van der Waals surface area contributed by atoms with Crippen LogP contribution in [-0.4, -0.2) is 232 Å². The summed E-state index contributed by atoms with van der Waals surface area (Å²) in [5, 5.41) is 109. The van der Waals surface area contributed by atoms with Crippen LogP contribution < -0.4 is 26.0 Å². The molecule has 4 aliphatic rings. The van der Waals surface area contributed by atoms with Gasteiger partial charge in [-0.2, -0.15) is 0 Å². The Labute approximate surface area is 434 Å². The molecule has 4 saturated heterocycles. The molecule has 1 aromatic rings. The second-order valence-electron chi connectivity index (χ2n) is 18.9. The van der Waals surface area contributed by atoms with Crippen molar-refractivity contribution in [3.8, 4) is 5.75 Å². The smallest absolute Gasteiger partial charge is 0.251 e. The van der Waals surface area contributed by atoms with Crippen LogP contribution >= 0.6 is 0 Å². The first kappa shape index (κ1) is 61.8. The first-order chi connectivity index (χ1) is 35.9. The molecule has 20 unspecified atom stereocenters. The minimum Gasteiger partial charge on any atom is -0.494 e. The molecule has 4 fully saturated rings. The number of ether oxygens (including phenoxy) is 9. The van der Waals surface area contributed by atoms with Crippen LogP contribution in [0.1, 0.15) is 83.0 Å². The van der Waals surface area contributed by atoms with Crippen molar-refractivity contribution in [1.82, 2.24) is 21.3 Å². The van der Waals surface area contributed by atoms with Gasteiger partial charge in [0.15, 0.2) is 25.2 Å². The van der Waals surface area contributed by atoms with Gasteiger partial charge in [0.1, 0.15) is 103 Å². The molecule has 75 heavy (non-hydrogen) atoms. The monoisotopic (exact) mass is 1070 g/mol. The summed E-state index contributed by atoms with van der Waals surface area (Å²) >= 11 is 0. The van der Waals surface area contributed by atoms with Crippen LogP contribution in [-0.2, 0) is 52.3 Å². The third kappa shape index (κ3) is 16.5. The molecule has 0 radical (unpaired) electrons. The molecule has 0 aromatic heterocycles. The van der Waals surface area contributed by atoms with E-state index in [-0.39, 0.29) is 5.56 Å². The van der Waals surface area contributed by atoms with Crippen molar-refractivity contribution in [3.05, 3.63) is 42.0 Å². The first-order valence-corrected chi connectivity index (χ1v) is 25.4. The molecule has 4 heterocycles. The summed E-state index contributed by atoms with van der Waals surface area (Å²) in [4.78, 5) is 51.1. The van der Waals surface area contributed by atoms with E-state index in [0.29, 0.717) is 12.4 Å². The molecule has 0 saturated carbocycles. The van der Waals surface area contributed by atoms with E-state index in [9.17, 15) is 65.1 Å². The molecule has 4 amide bonds. The molecule has 0 aliphatic carbocycles. The van der Waals surface area contributed by atoms with E-state index in [0.717, 1.165) is 39.5 Å². The van der Waals surface area contributed by atoms with Crippen molar-refractivity contribution in [2.24, 2.45) is 0 Å².